The average Bonchev–Trinajstić information content (AvgIpc) is 3.38. The minimum atomic E-state index is -0.129. The molecule has 0 saturated heterocycles. The summed E-state index contributed by atoms with van der Waals surface area (Å²) in [5, 5.41) is 8.64. The fourth-order valence-corrected chi connectivity index (χ4v) is 3.61. The van der Waals surface area contributed by atoms with Crippen LogP contribution in [-0.4, -0.2) is 22.8 Å². The smallest absolute Gasteiger partial charge is 0.251 e. The van der Waals surface area contributed by atoms with Crippen molar-refractivity contribution >= 4 is 28.8 Å². The van der Waals surface area contributed by atoms with E-state index in [1.54, 1.807) is 24.3 Å². The zero-order chi connectivity index (χ0) is 19.5. The summed E-state index contributed by atoms with van der Waals surface area (Å²) in [6.07, 6.45) is 2.33. The van der Waals surface area contributed by atoms with Gasteiger partial charge in [0.05, 0.1) is 12.1 Å². The van der Waals surface area contributed by atoms with Gasteiger partial charge in [0.15, 0.2) is 0 Å². The van der Waals surface area contributed by atoms with Crippen LogP contribution in [0.5, 0.6) is 0 Å². The van der Waals surface area contributed by atoms with Gasteiger partial charge in [0.25, 0.3) is 5.91 Å². The maximum atomic E-state index is 12.3. The molecule has 4 rings (SSSR count). The molecule has 5 nitrogen and oxygen atoms in total. The van der Waals surface area contributed by atoms with E-state index in [0.29, 0.717) is 17.3 Å². The predicted molar refractivity (Wildman–Crippen MR) is 112 cm³/mol. The number of anilines is 1. The molecule has 0 bridgehead atoms. The van der Waals surface area contributed by atoms with Gasteiger partial charge in [-0.1, -0.05) is 29.8 Å². The highest BCUT2D eigenvalue weighted by Crippen LogP contribution is 2.24. The number of nitrogens with zero attached hydrogens (tertiary/aromatic N) is 1. The van der Waals surface area contributed by atoms with Crippen molar-refractivity contribution in [1.82, 2.24) is 10.3 Å². The molecule has 1 fully saturated rings. The van der Waals surface area contributed by atoms with Gasteiger partial charge in [-0.2, -0.15) is 0 Å². The number of amides is 2. The molecule has 1 aliphatic rings. The fourth-order valence-electron chi connectivity index (χ4n) is 2.79. The topological polar surface area (TPSA) is 71.1 Å². The van der Waals surface area contributed by atoms with Crippen molar-refractivity contribution in [2.45, 2.75) is 32.2 Å². The molecule has 2 aromatic carbocycles. The van der Waals surface area contributed by atoms with Crippen molar-refractivity contribution in [2.24, 2.45) is 0 Å². The van der Waals surface area contributed by atoms with Gasteiger partial charge in [-0.15, -0.1) is 11.3 Å². The maximum Gasteiger partial charge on any atom is 0.251 e. The lowest BCUT2D eigenvalue weighted by Crippen LogP contribution is -2.25. The van der Waals surface area contributed by atoms with Gasteiger partial charge in [-0.05, 0) is 44.0 Å². The number of hydrogen-bond acceptors (Lipinski definition) is 4. The second kappa shape index (κ2) is 7.94. The maximum absolute atomic E-state index is 12.3. The van der Waals surface area contributed by atoms with Crippen molar-refractivity contribution in [3.05, 3.63) is 70.7 Å². The second-order valence-electron chi connectivity index (χ2n) is 7.06. The SMILES string of the molecule is Cc1ccc(-c2nc(CC(=O)Nc3ccc(C(=O)NC4CC4)cc3)cs2)cc1. The Hall–Kier alpha value is -2.99. The lowest BCUT2D eigenvalue weighted by molar-refractivity contribution is -0.115. The summed E-state index contributed by atoms with van der Waals surface area (Å²) in [6, 6.07) is 15.5. The van der Waals surface area contributed by atoms with Crippen LogP contribution in [0.25, 0.3) is 10.6 Å². The van der Waals surface area contributed by atoms with Crippen LogP contribution in [0.2, 0.25) is 0 Å². The molecule has 0 radical (unpaired) electrons. The third kappa shape index (κ3) is 4.64. The minimum Gasteiger partial charge on any atom is -0.349 e. The molecule has 2 amide bonds. The summed E-state index contributed by atoms with van der Waals surface area (Å²) >= 11 is 1.54. The third-order valence-electron chi connectivity index (χ3n) is 4.54. The van der Waals surface area contributed by atoms with Crippen molar-refractivity contribution in [3.63, 3.8) is 0 Å². The Morgan fingerprint density at radius 1 is 1.07 bits per heavy atom. The van der Waals surface area contributed by atoms with Crippen molar-refractivity contribution in [1.29, 1.82) is 0 Å². The lowest BCUT2D eigenvalue weighted by atomic mass is 10.1. The molecule has 3 aromatic rings. The highest BCUT2D eigenvalue weighted by Gasteiger charge is 2.23. The van der Waals surface area contributed by atoms with Crippen LogP contribution in [0.1, 0.15) is 34.5 Å². The van der Waals surface area contributed by atoms with E-state index in [4.69, 9.17) is 0 Å². The van der Waals surface area contributed by atoms with E-state index in [0.717, 1.165) is 29.1 Å². The van der Waals surface area contributed by atoms with Crippen LogP contribution in [0.3, 0.4) is 0 Å². The van der Waals surface area contributed by atoms with Gasteiger partial charge in [-0.25, -0.2) is 4.98 Å². The Morgan fingerprint density at radius 3 is 2.46 bits per heavy atom. The van der Waals surface area contributed by atoms with Crippen molar-refractivity contribution in [2.75, 3.05) is 5.32 Å². The summed E-state index contributed by atoms with van der Waals surface area (Å²) in [7, 11) is 0. The molecule has 1 aromatic heterocycles. The molecule has 1 saturated carbocycles. The largest absolute Gasteiger partial charge is 0.349 e. The lowest BCUT2D eigenvalue weighted by Gasteiger charge is -2.06. The van der Waals surface area contributed by atoms with Crippen LogP contribution in [0, 0.1) is 6.92 Å². The summed E-state index contributed by atoms with van der Waals surface area (Å²) in [5.74, 6) is -0.192. The van der Waals surface area contributed by atoms with E-state index in [9.17, 15) is 9.59 Å². The van der Waals surface area contributed by atoms with Gasteiger partial charge in [0.2, 0.25) is 5.91 Å². The third-order valence-corrected chi connectivity index (χ3v) is 5.48. The van der Waals surface area contributed by atoms with E-state index >= 15 is 0 Å². The molecule has 28 heavy (non-hydrogen) atoms. The quantitative estimate of drug-likeness (QED) is 0.662. The van der Waals surface area contributed by atoms with Crippen LogP contribution in [0.4, 0.5) is 5.69 Å². The number of aryl methyl sites for hydroxylation is 1. The fraction of sp³-hybridized carbons (Fsp3) is 0.227. The molecule has 6 heteroatoms. The number of carbonyl (C=O) groups excluding carboxylic acids is 2. The number of aromatic nitrogens is 1. The number of rotatable bonds is 6. The van der Waals surface area contributed by atoms with Gasteiger partial charge >= 0.3 is 0 Å². The molecule has 0 spiro atoms. The molecule has 0 atom stereocenters. The molecular formula is C22H21N3O2S. The molecule has 142 valence electrons. The standard InChI is InChI=1S/C22H21N3O2S/c1-14-2-4-16(5-3-14)22-25-19(13-28-22)12-20(26)23-17-8-6-15(7-9-17)21(27)24-18-10-11-18/h2-9,13,18H,10-12H2,1H3,(H,23,26)(H,24,27). The first kappa shape index (κ1) is 18.4. The summed E-state index contributed by atoms with van der Waals surface area (Å²) < 4.78 is 0. The monoisotopic (exact) mass is 391 g/mol. The number of benzene rings is 2. The van der Waals surface area contributed by atoms with Crippen LogP contribution in [-0.2, 0) is 11.2 Å². The van der Waals surface area contributed by atoms with Crippen molar-refractivity contribution < 1.29 is 9.59 Å². The Bertz CT molecular complexity index is 989. The Kier molecular flexibility index (Phi) is 5.21. The molecule has 0 aliphatic heterocycles. The highest BCUT2D eigenvalue weighted by atomic mass is 32.1. The molecular weight excluding hydrogens is 370 g/mol. The number of thiazole rings is 1. The highest BCUT2D eigenvalue weighted by molar-refractivity contribution is 7.13. The average molecular weight is 391 g/mol. The Morgan fingerprint density at radius 2 is 1.79 bits per heavy atom. The van der Waals surface area contributed by atoms with E-state index in [1.807, 2.05) is 24.4 Å². The first-order valence-corrected chi connectivity index (χ1v) is 10.2. The zero-order valence-electron chi connectivity index (χ0n) is 15.6. The first-order chi connectivity index (χ1) is 13.6. The van der Waals surface area contributed by atoms with Gasteiger partial charge in [-0.3, -0.25) is 9.59 Å². The minimum absolute atomic E-state index is 0.0634. The van der Waals surface area contributed by atoms with E-state index in [2.05, 4.69) is 27.8 Å². The van der Waals surface area contributed by atoms with E-state index < -0.39 is 0 Å². The van der Waals surface area contributed by atoms with Crippen LogP contribution >= 0.6 is 11.3 Å². The number of hydrogen-bond donors (Lipinski definition) is 2. The summed E-state index contributed by atoms with van der Waals surface area (Å²) in [4.78, 5) is 28.9. The molecule has 1 heterocycles. The van der Waals surface area contributed by atoms with Crippen LogP contribution < -0.4 is 10.6 Å². The molecule has 0 unspecified atom stereocenters. The summed E-state index contributed by atoms with van der Waals surface area (Å²) in [5.41, 5.74) is 4.28. The van der Waals surface area contributed by atoms with Gasteiger partial charge in [0, 0.05) is 28.2 Å². The Labute approximate surface area is 167 Å². The molecule has 1 aliphatic carbocycles. The number of nitrogens with one attached hydrogen (secondary N) is 2. The van der Waals surface area contributed by atoms with Crippen LogP contribution in [0.15, 0.2) is 53.9 Å². The Balaban J connectivity index is 1.34. The van der Waals surface area contributed by atoms with Gasteiger partial charge in [0.1, 0.15) is 5.01 Å². The summed E-state index contributed by atoms with van der Waals surface area (Å²) in [6.45, 7) is 2.05. The van der Waals surface area contributed by atoms with Gasteiger partial charge < -0.3 is 10.6 Å². The normalized spacial score (nSPS) is 13.2. The zero-order valence-corrected chi connectivity index (χ0v) is 16.4. The second-order valence-corrected chi connectivity index (χ2v) is 7.92. The van der Waals surface area contributed by atoms with E-state index in [1.165, 1.54) is 16.9 Å². The van der Waals surface area contributed by atoms with Crippen molar-refractivity contribution in [3.8, 4) is 10.6 Å². The predicted octanol–water partition coefficient (Wildman–Crippen LogP) is 4.19. The number of carbonyl (C=O) groups is 2. The first-order valence-electron chi connectivity index (χ1n) is 9.29. The molecule has 2 N–H and O–H groups in total. The van der Waals surface area contributed by atoms with E-state index in [-0.39, 0.29) is 18.2 Å².